The number of para-hydroxylation sites is 1. The summed E-state index contributed by atoms with van der Waals surface area (Å²) in [5, 5.41) is 0. The Kier molecular flexibility index (Phi) is 3.88. The zero-order chi connectivity index (χ0) is 13.9. The minimum absolute atomic E-state index is 0.145. The number of hydrogen-bond acceptors (Lipinski definition) is 1. The highest BCUT2D eigenvalue weighted by Gasteiger charge is 2.30. The smallest absolute Gasteiger partial charge is 0.227 e. The second kappa shape index (κ2) is 5.80. The van der Waals surface area contributed by atoms with Gasteiger partial charge in [-0.2, -0.15) is 0 Å². The van der Waals surface area contributed by atoms with Crippen molar-refractivity contribution in [2.75, 3.05) is 4.90 Å². The van der Waals surface area contributed by atoms with Crippen LogP contribution in [-0.4, -0.2) is 5.91 Å². The Labute approximate surface area is 127 Å². The molecule has 1 fully saturated rings. The van der Waals surface area contributed by atoms with Crippen LogP contribution in [0.3, 0.4) is 0 Å². The number of carbonyl (C=O) groups excluding carboxylic acids is 1. The molecule has 0 aromatic heterocycles. The number of rotatable bonds is 2. The van der Waals surface area contributed by atoms with Gasteiger partial charge >= 0.3 is 0 Å². The molecule has 0 bridgehead atoms. The van der Waals surface area contributed by atoms with Crippen LogP contribution in [0.1, 0.15) is 30.9 Å². The topological polar surface area (TPSA) is 20.3 Å². The molecule has 3 rings (SSSR count). The van der Waals surface area contributed by atoms with Crippen molar-refractivity contribution < 1.29 is 4.79 Å². The Balaban J connectivity index is 1.98. The number of carbonyl (C=O) groups is 1. The average Bonchev–Trinajstić information content (AvgIpc) is 2.49. The molecule has 0 saturated carbocycles. The van der Waals surface area contributed by atoms with E-state index in [9.17, 15) is 4.79 Å². The number of halogens is 1. The van der Waals surface area contributed by atoms with Crippen LogP contribution in [0.2, 0.25) is 0 Å². The summed E-state index contributed by atoms with van der Waals surface area (Å²) in [4.78, 5) is 14.3. The fourth-order valence-electron chi connectivity index (χ4n) is 2.78. The van der Waals surface area contributed by atoms with E-state index in [4.69, 9.17) is 0 Å². The van der Waals surface area contributed by atoms with Gasteiger partial charge in [0.25, 0.3) is 0 Å². The molecule has 1 saturated heterocycles. The number of nitrogens with zero attached hydrogens (tertiary/aromatic N) is 1. The van der Waals surface area contributed by atoms with Gasteiger partial charge in [0.15, 0.2) is 0 Å². The number of anilines is 1. The lowest BCUT2D eigenvalue weighted by molar-refractivity contribution is -0.120. The molecule has 0 spiro atoms. The van der Waals surface area contributed by atoms with E-state index < -0.39 is 0 Å². The van der Waals surface area contributed by atoms with Gasteiger partial charge in [0.1, 0.15) is 0 Å². The third-order valence-corrected chi connectivity index (χ3v) is 4.27. The first-order valence-electron chi connectivity index (χ1n) is 6.88. The molecular formula is C17H16BrNO. The third kappa shape index (κ3) is 2.63. The summed E-state index contributed by atoms with van der Waals surface area (Å²) in [6, 6.07) is 18.4. The van der Waals surface area contributed by atoms with E-state index in [2.05, 4.69) is 28.1 Å². The average molecular weight is 330 g/mol. The standard InChI is InChI=1S/C17H16BrNO/c18-14-11-9-13(10-12-14)16-7-4-8-17(20)19(16)15-5-2-1-3-6-15/h1-3,5-6,9-12,16H,4,7-8H2. The normalized spacial score (nSPS) is 19.1. The van der Waals surface area contributed by atoms with Gasteiger partial charge in [0.05, 0.1) is 6.04 Å². The lowest BCUT2D eigenvalue weighted by atomic mass is 9.94. The van der Waals surface area contributed by atoms with Gasteiger partial charge in [-0.3, -0.25) is 4.79 Å². The van der Waals surface area contributed by atoms with Crippen molar-refractivity contribution in [3.05, 3.63) is 64.6 Å². The van der Waals surface area contributed by atoms with E-state index in [1.807, 2.05) is 47.4 Å². The zero-order valence-electron chi connectivity index (χ0n) is 11.1. The zero-order valence-corrected chi connectivity index (χ0v) is 12.7. The van der Waals surface area contributed by atoms with Gasteiger partial charge in [-0.05, 0) is 42.7 Å². The monoisotopic (exact) mass is 329 g/mol. The molecule has 0 radical (unpaired) electrons. The summed E-state index contributed by atoms with van der Waals surface area (Å²) in [5.74, 6) is 0.218. The summed E-state index contributed by atoms with van der Waals surface area (Å²) in [6.07, 6.45) is 2.62. The van der Waals surface area contributed by atoms with Gasteiger partial charge in [-0.25, -0.2) is 0 Å². The Hall–Kier alpha value is -1.61. The Morgan fingerprint density at radius 1 is 1.00 bits per heavy atom. The molecule has 1 atom stereocenters. The van der Waals surface area contributed by atoms with Crippen LogP contribution in [0, 0.1) is 0 Å². The second-order valence-corrected chi connectivity index (χ2v) is 5.97. The SMILES string of the molecule is O=C1CCCC(c2ccc(Br)cc2)N1c1ccccc1. The molecule has 1 aliphatic heterocycles. The van der Waals surface area contributed by atoms with Crippen molar-refractivity contribution in [1.82, 2.24) is 0 Å². The predicted octanol–water partition coefficient (Wildman–Crippen LogP) is 4.71. The molecule has 102 valence electrons. The van der Waals surface area contributed by atoms with Crippen LogP contribution in [0.15, 0.2) is 59.1 Å². The Morgan fingerprint density at radius 2 is 1.70 bits per heavy atom. The predicted molar refractivity (Wildman–Crippen MR) is 84.7 cm³/mol. The lowest BCUT2D eigenvalue weighted by Gasteiger charge is -2.36. The van der Waals surface area contributed by atoms with Crippen molar-refractivity contribution in [1.29, 1.82) is 0 Å². The minimum Gasteiger partial charge on any atom is -0.305 e. The van der Waals surface area contributed by atoms with E-state index in [1.54, 1.807) is 0 Å². The molecule has 2 aromatic carbocycles. The maximum Gasteiger partial charge on any atom is 0.227 e. The first-order valence-corrected chi connectivity index (χ1v) is 7.67. The molecule has 20 heavy (non-hydrogen) atoms. The third-order valence-electron chi connectivity index (χ3n) is 3.74. The summed E-state index contributed by atoms with van der Waals surface area (Å²) < 4.78 is 1.06. The first kappa shape index (κ1) is 13.4. The molecular weight excluding hydrogens is 314 g/mol. The van der Waals surface area contributed by atoms with Crippen molar-refractivity contribution >= 4 is 27.5 Å². The van der Waals surface area contributed by atoms with Crippen LogP contribution in [0.4, 0.5) is 5.69 Å². The van der Waals surface area contributed by atoms with E-state index >= 15 is 0 Å². The summed E-state index contributed by atoms with van der Waals surface area (Å²) >= 11 is 3.46. The maximum absolute atomic E-state index is 12.4. The summed E-state index contributed by atoms with van der Waals surface area (Å²) in [5.41, 5.74) is 2.19. The highest BCUT2D eigenvalue weighted by atomic mass is 79.9. The van der Waals surface area contributed by atoms with Crippen LogP contribution >= 0.6 is 15.9 Å². The first-order chi connectivity index (χ1) is 9.75. The van der Waals surface area contributed by atoms with Crippen molar-refractivity contribution in [2.45, 2.75) is 25.3 Å². The van der Waals surface area contributed by atoms with E-state index in [1.165, 1.54) is 5.56 Å². The molecule has 2 aromatic rings. The number of hydrogen-bond donors (Lipinski definition) is 0. The summed E-state index contributed by atoms with van der Waals surface area (Å²) in [6.45, 7) is 0. The van der Waals surface area contributed by atoms with Crippen LogP contribution in [0.5, 0.6) is 0 Å². The van der Waals surface area contributed by atoms with Gasteiger partial charge in [-0.1, -0.05) is 46.3 Å². The van der Waals surface area contributed by atoms with E-state index in [0.29, 0.717) is 6.42 Å². The van der Waals surface area contributed by atoms with Crippen LogP contribution in [-0.2, 0) is 4.79 Å². The molecule has 1 aliphatic rings. The number of piperidine rings is 1. The van der Waals surface area contributed by atoms with Gasteiger partial charge < -0.3 is 4.90 Å². The molecule has 0 aliphatic carbocycles. The highest BCUT2D eigenvalue weighted by Crippen LogP contribution is 2.35. The molecule has 3 heteroatoms. The maximum atomic E-state index is 12.4. The van der Waals surface area contributed by atoms with Gasteiger partial charge in [0, 0.05) is 16.6 Å². The van der Waals surface area contributed by atoms with Crippen molar-refractivity contribution in [2.24, 2.45) is 0 Å². The fraction of sp³-hybridized carbons (Fsp3) is 0.235. The number of benzene rings is 2. The van der Waals surface area contributed by atoms with Crippen LogP contribution in [0.25, 0.3) is 0 Å². The molecule has 0 N–H and O–H groups in total. The molecule has 1 unspecified atom stereocenters. The van der Waals surface area contributed by atoms with Crippen molar-refractivity contribution in [3.8, 4) is 0 Å². The van der Waals surface area contributed by atoms with Crippen LogP contribution < -0.4 is 4.90 Å². The fourth-order valence-corrected chi connectivity index (χ4v) is 3.05. The second-order valence-electron chi connectivity index (χ2n) is 5.06. The highest BCUT2D eigenvalue weighted by molar-refractivity contribution is 9.10. The van der Waals surface area contributed by atoms with E-state index in [0.717, 1.165) is 23.0 Å². The lowest BCUT2D eigenvalue weighted by Crippen LogP contribution is -2.38. The molecule has 1 heterocycles. The number of amides is 1. The molecule has 1 amide bonds. The summed E-state index contributed by atoms with van der Waals surface area (Å²) in [7, 11) is 0. The molecule has 2 nitrogen and oxygen atoms in total. The van der Waals surface area contributed by atoms with Gasteiger partial charge in [0.2, 0.25) is 5.91 Å². The van der Waals surface area contributed by atoms with E-state index in [-0.39, 0.29) is 11.9 Å². The Morgan fingerprint density at radius 3 is 2.40 bits per heavy atom. The minimum atomic E-state index is 0.145. The Bertz CT molecular complexity index is 594. The largest absolute Gasteiger partial charge is 0.305 e. The van der Waals surface area contributed by atoms with Gasteiger partial charge in [-0.15, -0.1) is 0 Å². The van der Waals surface area contributed by atoms with Crippen molar-refractivity contribution in [3.63, 3.8) is 0 Å². The quantitative estimate of drug-likeness (QED) is 0.781.